The Morgan fingerprint density at radius 2 is 2.10 bits per heavy atom. The number of nitrogens with one attached hydrogen (secondary N) is 1. The highest BCUT2D eigenvalue weighted by atomic mass is 35.5. The number of aryl methyl sites for hydroxylation is 1. The zero-order valence-corrected chi connectivity index (χ0v) is 12.4. The van der Waals surface area contributed by atoms with Crippen molar-refractivity contribution in [3.63, 3.8) is 0 Å². The van der Waals surface area contributed by atoms with Crippen molar-refractivity contribution >= 4 is 23.2 Å². The highest BCUT2D eigenvalue weighted by Gasteiger charge is 2.10. The molecule has 0 aliphatic carbocycles. The summed E-state index contributed by atoms with van der Waals surface area (Å²) in [4.78, 5) is 12.3. The van der Waals surface area contributed by atoms with E-state index >= 15 is 0 Å². The number of anilines is 1. The number of carbonyl (C=O) groups excluding carboxylic acids is 1. The zero-order chi connectivity index (χ0) is 15.2. The molecule has 3 nitrogen and oxygen atoms in total. The van der Waals surface area contributed by atoms with Gasteiger partial charge in [-0.05, 0) is 42.8 Å². The predicted molar refractivity (Wildman–Crippen MR) is 86.5 cm³/mol. The molecule has 0 aromatic heterocycles. The molecule has 0 heterocycles. The van der Waals surface area contributed by atoms with Crippen LogP contribution >= 0.6 is 11.6 Å². The van der Waals surface area contributed by atoms with Gasteiger partial charge in [0.05, 0.1) is 6.54 Å². The molecule has 0 atom stereocenters. The normalized spacial score (nSPS) is 9.67. The summed E-state index contributed by atoms with van der Waals surface area (Å²) >= 11 is 5.91. The molecule has 0 saturated heterocycles. The topological polar surface area (TPSA) is 55.1 Å². The van der Waals surface area contributed by atoms with Crippen LogP contribution in [0.5, 0.6) is 0 Å². The van der Waals surface area contributed by atoms with Gasteiger partial charge < -0.3 is 11.1 Å². The van der Waals surface area contributed by atoms with Crippen LogP contribution in [0.25, 0.3) is 0 Å². The lowest BCUT2D eigenvalue weighted by Gasteiger charge is -2.08. The van der Waals surface area contributed by atoms with E-state index in [4.69, 9.17) is 17.3 Å². The minimum Gasteiger partial charge on any atom is -0.322 e. The molecule has 4 heteroatoms. The lowest BCUT2D eigenvalue weighted by atomic mass is 10.0. The van der Waals surface area contributed by atoms with Crippen molar-refractivity contribution in [2.24, 2.45) is 5.73 Å². The molecule has 0 saturated carbocycles. The molecule has 2 aromatic carbocycles. The average Bonchev–Trinajstić information content (AvgIpc) is 2.46. The molecule has 0 aliphatic rings. The summed E-state index contributed by atoms with van der Waals surface area (Å²) in [6.07, 6.45) is 0. The number of rotatable bonds is 2. The van der Waals surface area contributed by atoms with Gasteiger partial charge in [-0.3, -0.25) is 4.79 Å². The summed E-state index contributed by atoms with van der Waals surface area (Å²) in [5, 5.41) is 3.40. The van der Waals surface area contributed by atoms with E-state index in [2.05, 4.69) is 17.2 Å². The van der Waals surface area contributed by atoms with Crippen LogP contribution in [0.15, 0.2) is 42.5 Å². The van der Waals surface area contributed by atoms with Gasteiger partial charge in [0.25, 0.3) is 5.91 Å². The molecule has 2 rings (SSSR count). The monoisotopic (exact) mass is 298 g/mol. The first-order valence-electron chi connectivity index (χ1n) is 6.46. The van der Waals surface area contributed by atoms with Gasteiger partial charge in [-0.15, -0.1) is 0 Å². The molecular formula is C17H15ClN2O. The number of amides is 1. The summed E-state index contributed by atoms with van der Waals surface area (Å²) in [7, 11) is 0. The Morgan fingerprint density at radius 1 is 1.29 bits per heavy atom. The third-order valence-electron chi connectivity index (χ3n) is 2.90. The number of hydrogen-bond acceptors (Lipinski definition) is 2. The minimum atomic E-state index is -0.189. The van der Waals surface area contributed by atoms with E-state index in [1.165, 1.54) is 0 Å². The first-order chi connectivity index (χ1) is 10.1. The van der Waals surface area contributed by atoms with Gasteiger partial charge in [0.15, 0.2) is 0 Å². The maximum absolute atomic E-state index is 12.3. The molecule has 1 amide bonds. The fourth-order valence-electron chi connectivity index (χ4n) is 1.86. The predicted octanol–water partition coefficient (Wildman–Crippen LogP) is 3.21. The Bertz CT molecular complexity index is 729. The van der Waals surface area contributed by atoms with Gasteiger partial charge in [-0.2, -0.15) is 0 Å². The molecule has 0 aliphatic heterocycles. The van der Waals surface area contributed by atoms with Gasteiger partial charge in [-0.1, -0.05) is 35.6 Å². The van der Waals surface area contributed by atoms with Crippen LogP contribution in [0.3, 0.4) is 0 Å². The largest absolute Gasteiger partial charge is 0.322 e. The van der Waals surface area contributed by atoms with Crippen LogP contribution in [0.4, 0.5) is 5.69 Å². The third kappa shape index (κ3) is 4.09. The van der Waals surface area contributed by atoms with E-state index in [-0.39, 0.29) is 12.5 Å². The second-order valence-corrected chi connectivity index (χ2v) is 4.94. The number of carbonyl (C=O) groups is 1. The van der Waals surface area contributed by atoms with Gasteiger partial charge >= 0.3 is 0 Å². The smallest absolute Gasteiger partial charge is 0.255 e. The number of benzene rings is 2. The van der Waals surface area contributed by atoms with Crippen molar-refractivity contribution in [2.75, 3.05) is 11.9 Å². The molecule has 106 valence electrons. The third-order valence-corrected chi connectivity index (χ3v) is 3.13. The summed E-state index contributed by atoms with van der Waals surface area (Å²) in [5.41, 5.74) is 8.24. The molecule has 0 fully saturated rings. The molecule has 0 spiro atoms. The Kier molecular flexibility index (Phi) is 4.99. The first kappa shape index (κ1) is 15.1. The quantitative estimate of drug-likeness (QED) is 0.837. The maximum Gasteiger partial charge on any atom is 0.255 e. The van der Waals surface area contributed by atoms with Gasteiger partial charge in [-0.25, -0.2) is 0 Å². The van der Waals surface area contributed by atoms with Crippen LogP contribution in [0.2, 0.25) is 5.02 Å². The van der Waals surface area contributed by atoms with Crippen LogP contribution in [0.1, 0.15) is 21.5 Å². The Morgan fingerprint density at radius 3 is 2.81 bits per heavy atom. The molecular weight excluding hydrogens is 284 g/mol. The number of nitrogens with two attached hydrogens (primary N) is 1. The van der Waals surface area contributed by atoms with Crippen molar-refractivity contribution < 1.29 is 4.79 Å². The van der Waals surface area contributed by atoms with E-state index in [0.29, 0.717) is 16.3 Å². The van der Waals surface area contributed by atoms with Gasteiger partial charge in [0.1, 0.15) is 0 Å². The first-order valence-corrected chi connectivity index (χ1v) is 6.84. The van der Waals surface area contributed by atoms with E-state index in [9.17, 15) is 4.79 Å². The van der Waals surface area contributed by atoms with E-state index in [0.717, 1.165) is 11.1 Å². The SMILES string of the molecule is Cc1ccc(C#CCN)cc1C(=O)Nc1cccc(Cl)c1. The average molecular weight is 299 g/mol. The van der Waals surface area contributed by atoms with Gasteiger partial charge in [0.2, 0.25) is 0 Å². The molecule has 2 aromatic rings. The van der Waals surface area contributed by atoms with Crippen molar-refractivity contribution in [1.82, 2.24) is 0 Å². The Labute approximate surface area is 129 Å². The maximum atomic E-state index is 12.3. The van der Waals surface area contributed by atoms with Crippen LogP contribution in [0, 0.1) is 18.8 Å². The standard InChI is InChI=1S/C17H15ClN2O/c1-12-7-8-13(4-3-9-19)10-16(12)17(21)20-15-6-2-5-14(18)11-15/h2,5-8,10-11H,9,19H2,1H3,(H,20,21). The molecule has 21 heavy (non-hydrogen) atoms. The lowest BCUT2D eigenvalue weighted by Crippen LogP contribution is -2.13. The molecule has 3 N–H and O–H groups in total. The number of hydrogen-bond donors (Lipinski definition) is 2. The second-order valence-electron chi connectivity index (χ2n) is 4.50. The Hall–Kier alpha value is -2.28. The summed E-state index contributed by atoms with van der Waals surface area (Å²) < 4.78 is 0. The van der Waals surface area contributed by atoms with Crippen molar-refractivity contribution in [3.05, 3.63) is 64.2 Å². The fourth-order valence-corrected chi connectivity index (χ4v) is 2.05. The van der Waals surface area contributed by atoms with Crippen LogP contribution < -0.4 is 11.1 Å². The molecule has 0 unspecified atom stereocenters. The lowest BCUT2D eigenvalue weighted by molar-refractivity contribution is 0.102. The summed E-state index contributed by atoms with van der Waals surface area (Å²) in [6, 6.07) is 12.5. The fraction of sp³-hybridized carbons (Fsp3) is 0.118. The van der Waals surface area contributed by atoms with E-state index in [1.807, 2.05) is 19.1 Å². The highest BCUT2D eigenvalue weighted by Crippen LogP contribution is 2.17. The van der Waals surface area contributed by atoms with Crippen molar-refractivity contribution in [3.8, 4) is 11.8 Å². The molecule has 0 bridgehead atoms. The minimum absolute atomic E-state index is 0.189. The van der Waals surface area contributed by atoms with E-state index < -0.39 is 0 Å². The number of halogens is 1. The second kappa shape index (κ2) is 6.94. The zero-order valence-electron chi connectivity index (χ0n) is 11.6. The van der Waals surface area contributed by atoms with E-state index in [1.54, 1.807) is 30.3 Å². The Balaban J connectivity index is 2.26. The van der Waals surface area contributed by atoms with Crippen LogP contribution in [-0.2, 0) is 0 Å². The van der Waals surface area contributed by atoms with Crippen LogP contribution in [-0.4, -0.2) is 12.5 Å². The molecule has 0 radical (unpaired) electrons. The highest BCUT2D eigenvalue weighted by molar-refractivity contribution is 6.31. The summed E-state index contributed by atoms with van der Waals surface area (Å²) in [5.74, 6) is 5.51. The van der Waals surface area contributed by atoms with Crippen molar-refractivity contribution in [2.45, 2.75) is 6.92 Å². The summed E-state index contributed by atoms with van der Waals surface area (Å²) in [6.45, 7) is 2.17. The van der Waals surface area contributed by atoms with Crippen molar-refractivity contribution in [1.29, 1.82) is 0 Å². The van der Waals surface area contributed by atoms with Gasteiger partial charge in [0, 0.05) is 21.8 Å².